The number of phenolic OH excluding ortho intramolecular Hbond substituents is 1. The molecule has 8 nitrogen and oxygen atoms in total. The highest BCUT2D eigenvalue weighted by molar-refractivity contribution is 6.31. The van der Waals surface area contributed by atoms with Crippen molar-refractivity contribution in [3.8, 4) is 11.5 Å². The van der Waals surface area contributed by atoms with Crippen molar-refractivity contribution >= 4 is 39.9 Å². The number of carbonyl (C=O) groups excluding carboxylic acids is 1. The van der Waals surface area contributed by atoms with Crippen LogP contribution in [0.3, 0.4) is 0 Å². The largest absolute Gasteiger partial charge is 0.504 e. The maximum absolute atomic E-state index is 14.0. The van der Waals surface area contributed by atoms with E-state index in [1.807, 2.05) is 0 Å². The normalized spacial score (nSPS) is 18.6. The summed E-state index contributed by atoms with van der Waals surface area (Å²) in [5.41, 5.74) is 6.22. The molecule has 37 heavy (non-hydrogen) atoms. The molecule has 2 aromatic carbocycles. The Kier molecular flexibility index (Phi) is 9.00. The van der Waals surface area contributed by atoms with E-state index in [0.29, 0.717) is 28.5 Å². The Labute approximate surface area is 221 Å². The lowest BCUT2D eigenvalue weighted by Gasteiger charge is -2.41. The van der Waals surface area contributed by atoms with Crippen LogP contribution in [0, 0.1) is 5.82 Å². The monoisotopic (exact) mass is 529 g/mol. The topological polar surface area (TPSA) is 114 Å². The maximum atomic E-state index is 14.0. The van der Waals surface area contributed by atoms with E-state index in [2.05, 4.69) is 20.2 Å². The minimum atomic E-state index is -0.575. The first kappa shape index (κ1) is 26.9. The molecule has 0 spiro atoms. The van der Waals surface area contributed by atoms with E-state index in [9.17, 15) is 14.3 Å². The molecule has 3 aromatic rings. The minimum Gasteiger partial charge on any atom is -0.504 e. The SMILES string of the molecule is COc1cc2ncnc(Nc3cccc(Cl)c3F)c2cc1O.NC(=O)[C@H]1CCCCN1C1CCCCC1. The highest BCUT2D eigenvalue weighted by Gasteiger charge is 2.32. The zero-order chi connectivity index (χ0) is 26.4. The zero-order valence-corrected chi connectivity index (χ0v) is 21.7. The molecule has 0 radical (unpaired) electrons. The number of halogens is 2. The van der Waals surface area contributed by atoms with Crippen molar-refractivity contribution in [2.24, 2.45) is 5.73 Å². The van der Waals surface area contributed by atoms with Crippen LogP contribution < -0.4 is 15.8 Å². The van der Waals surface area contributed by atoms with Crippen molar-refractivity contribution < 1.29 is 19.0 Å². The van der Waals surface area contributed by atoms with Gasteiger partial charge >= 0.3 is 0 Å². The van der Waals surface area contributed by atoms with Crippen LogP contribution in [0.2, 0.25) is 5.02 Å². The Morgan fingerprint density at radius 3 is 2.65 bits per heavy atom. The Balaban J connectivity index is 0.000000186. The number of methoxy groups -OCH3 is 1. The molecular weight excluding hydrogens is 497 g/mol. The van der Waals surface area contributed by atoms with Gasteiger partial charge in [0.2, 0.25) is 5.91 Å². The van der Waals surface area contributed by atoms with E-state index in [1.54, 1.807) is 18.2 Å². The number of hydrogen-bond acceptors (Lipinski definition) is 7. The fourth-order valence-corrected chi connectivity index (χ4v) is 5.35. The van der Waals surface area contributed by atoms with Gasteiger partial charge in [0.1, 0.15) is 12.1 Å². The van der Waals surface area contributed by atoms with Gasteiger partial charge in [0, 0.05) is 17.5 Å². The second kappa shape index (κ2) is 12.4. The van der Waals surface area contributed by atoms with Crippen molar-refractivity contribution in [1.29, 1.82) is 0 Å². The van der Waals surface area contributed by atoms with Crippen LogP contribution in [0.25, 0.3) is 10.9 Å². The molecule has 2 heterocycles. The third-order valence-electron chi connectivity index (χ3n) is 7.06. The number of piperidine rings is 1. The summed E-state index contributed by atoms with van der Waals surface area (Å²) in [4.78, 5) is 22.0. The van der Waals surface area contributed by atoms with Gasteiger partial charge < -0.3 is 20.9 Å². The predicted octanol–water partition coefficient (Wildman–Crippen LogP) is 5.54. The number of nitrogens with zero attached hydrogens (tertiary/aromatic N) is 3. The lowest BCUT2D eigenvalue weighted by molar-refractivity contribution is -0.125. The summed E-state index contributed by atoms with van der Waals surface area (Å²) in [6.07, 6.45) is 11.3. The van der Waals surface area contributed by atoms with Crippen LogP contribution in [-0.4, -0.2) is 51.6 Å². The molecule has 1 aliphatic heterocycles. The number of ether oxygens (including phenoxy) is 1. The summed E-state index contributed by atoms with van der Waals surface area (Å²) in [5.74, 6) is -0.0939. The summed E-state index contributed by atoms with van der Waals surface area (Å²) in [7, 11) is 1.45. The number of anilines is 2. The van der Waals surface area contributed by atoms with E-state index in [4.69, 9.17) is 22.1 Å². The van der Waals surface area contributed by atoms with E-state index in [-0.39, 0.29) is 28.4 Å². The molecule has 0 unspecified atom stereocenters. The van der Waals surface area contributed by atoms with Gasteiger partial charge in [-0.3, -0.25) is 9.69 Å². The third kappa shape index (κ3) is 6.40. The molecule has 10 heteroatoms. The van der Waals surface area contributed by atoms with Crippen LogP contribution in [0.5, 0.6) is 11.5 Å². The number of nitrogens with two attached hydrogens (primary N) is 1. The Morgan fingerprint density at radius 2 is 1.92 bits per heavy atom. The fraction of sp³-hybridized carbons (Fsp3) is 0.444. The van der Waals surface area contributed by atoms with Crippen LogP contribution in [0.15, 0.2) is 36.7 Å². The van der Waals surface area contributed by atoms with E-state index in [1.165, 1.54) is 64.1 Å². The van der Waals surface area contributed by atoms with Gasteiger partial charge in [0.05, 0.1) is 29.4 Å². The Morgan fingerprint density at radius 1 is 1.16 bits per heavy atom. The molecule has 1 saturated heterocycles. The molecule has 1 aromatic heterocycles. The van der Waals surface area contributed by atoms with Crippen molar-refractivity contribution in [3.63, 3.8) is 0 Å². The third-order valence-corrected chi connectivity index (χ3v) is 7.35. The summed E-state index contributed by atoms with van der Waals surface area (Å²) in [5, 5.41) is 13.3. The maximum Gasteiger partial charge on any atom is 0.234 e. The van der Waals surface area contributed by atoms with Crippen molar-refractivity contribution in [3.05, 3.63) is 47.5 Å². The average molecular weight is 530 g/mol. The smallest absolute Gasteiger partial charge is 0.234 e. The number of likely N-dealkylation sites (tertiary alicyclic amines) is 1. The second-order valence-electron chi connectivity index (χ2n) is 9.43. The van der Waals surface area contributed by atoms with Gasteiger partial charge in [-0.15, -0.1) is 0 Å². The second-order valence-corrected chi connectivity index (χ2v) is 9.84. The highest BCUT2D eigenvalue weighted by Crippen LogP contribution is 2.34. The molecule has 1 aliphatic carbocycles. The number of phenols is 1. The molecule has 1 atom stereocenters. The molecule has 5 rings (SSSR count). The Hall–Kier alpha value is -3.17. The Bertz CT molecular complexity index is 1240. The molecule has 2 fully saturated rings. The number of amides is 1. The number of primary amides is 1. The number of rotatable bonds is 5. The van der Waals surface area contributed by atoms with Gasteiger partial charge in [-0.25, -0.2) is 14.4 Å². The van der Waals surface area contributed by atoms with Gasteiger partial charge in [0.25, 0.3) is 0 Å². The summed E-state index contributed by atoms with van der Waals surface area (Å²) in [6, 6.07) is 8.32. The number of aromatic hydroxyl groups is 1. The quantitative estimate of drug-likeness (QED) is 0.397. The van der Waals surface area contributed by atoms with Crippen LogP contribution >= 0.6 is 11.6 Å². The van der Waals surface area contributed by atoms with E-state index < -0.39 is 5.82 Å². The molecular formula is C27H33ClFN5O3. The number of nitrogens with one attached hydrogen (secondary N) is 1. The molecule has 198 valence electrons. The molecule has 4 N–H and O–H groups in total. The molecule has 2 aliphatic rings. The zero-order valence-electron chi connectivity index (χ0n) is 20.9. The summed E-state index contributed by atoms with van der Waals surface area (Å²) in [6.45, 7) is 1.08. The standard InChI is InChI=1S/C15H11ClFN3O2.C12H22N2O/c1-22-13-6-11-8(5-12(13)21)15(19-7-18-11)20-10-4-2-3-9(16)14(10)17;13-12(15)11-8-4-5-9-14(11)10-6-2-1-3-7-10/h2-7,21H,1H3,(H,18,19,20);10-11H,1-9H2,(H2,13,15)/t;11-/m.1/s1. The number of benzene rings is 2. The first-order valence-corrected chi connectivity index (χ1v) is 13.0. The first-order chi connectivity index (χ1) is 17.9. The first-order valence-electron chi connectivity index (χ1n) is 12.7. The van der Waals surface area contributed by atoms with Gasteiger partial charge in [-0.1, -0.05) is 43.4 Å². The highest BCUT2D eigenvalue weighted by atomic mass is 35.5. The fourth-order valence-electron chi connectivity index (χ4n) is 5.17. The van der Waals surface area contributed by atoms with Crippen LogP contribution in [0.4, 0.5) is 15.9 Å². The van der Waals surface area contributed by atoms with E-state index >= 15 is 0 Å². The minimum absolute atomic E-state index is 0.00729. The lowest BCUT2D eigenvalue weighted by atomic mass is 9.90. The molecule has 0 bridgehead atoms. The summed E-state index contributed by atoms with van der Waals surface area (Å²) < 4.78 is 19.0. The number of fused-ring (bicyclic) bond motifs is 1. The van der Waals surface area contributed by atoms with E-state index in [0.717, 1.165) is 19.4 Å². The van der Waals surface area contributed by atoms with Crippen molar-refractivity contribution in [2.45, 2.75) is 63.5 Å². The van der Waals surface area contributed by atoms with Gasteiger partial charge in [0.15, 0.2) is 17.3 Å². The number of carbonyl (C=O) groups is 1. The molecule has 1 amide bonds. The van der Waals surface area contributed by atoms with Crippen molar-refractivity contribution in [2.75, 3.05) is 19.0 Å². The van der Waals surface area contributed by atoms with Crippen LogP contribution in [0.1, 0.15) is 51.4 Å². The van der Waals surface area contributed by atoms with Gasteiger partial charge in [-0.2, -0.15) is 0 Å². The summed E-state index contributed by atoms with van der Waals surface area (Å²) >= 11 is 5.76. The van der Waals surface area contributed by atoms with Gasteiger partial charge in [-0.05, 0) is 50.4 Å². The number of aromatic nitrogens is 2. The number of hydrogen-bond donors (Lipinski definition) is 3. The lowest BCUT2D eigenvalue weighted by Crippen LogP contribution is -2.52. The molecule has 1 saturated carbocycles. The average Bonchev–Trinajstić information content (AvgIpc) is 2.92. The van der Waals surface area contributed by atoms with Crippen molar-refractivity contribution in [1.82, 2.24) is 14.9 Å². The predicted molar refractivity (Wildman–Crippen MR) is 143 cm³/mol. The van der Waals surface area contributed by atoms with Crippen LogP contribution in [-0.2, 0) is 4.79 Å².